The first-order chi connectivity index (χ1) is 13.3. The van der Waals surface area contributed by atoms with E-state index in [0.717, 1.165) is 17.7 Å². The molecule has 1 aliphatic carbocycles. The van der Waals surface area contributed by atoms with Crippen LogP contribution in [0, 0.1) is 11.8 Å². The van der Waals surface area contributed by atoms with Gasteiger partial charge in [0.2, 0.25) is 0 Å². The average Bonchev–Trinajstić information content (AvgIpc) is 3.11. The first-order valence-corrected chi connectivity index (χ1v) is 9.55. The fraction of sp³-hybridized carbons (Fsp3) is 0.409. The molecule has 160 valence electrons. The van der Waals surface area contributed by atoms with Gasteiger partial charge in [-0.1, -0.05) is 30.3 Å². The zero-order valence-corrected chi connectivity index (χ0v) is 19.1. The van der Waals surface area contributed by atoms with Crippen LogP contribution in [0.15, 0.2) is 56.6 Å². The van der Waals surface area contributed by atoms with Crippen LogP contribution in [0.1, 0.15) is 25.8 Å². The zero-order valence-electron chi connectivity index (χ0n) is 17.5. The van der Waals surface area contributed by atoms with Gasteiger partial charge >= 0.3 is 0 Å². The molecule has 8 heteroatoms. The molecule has 0 saturated carbocycles. The van der Waals surface area contributed by atoms with E-state index in [0.29, 0.717) is 23.7 Å². The minimum atomic E-state index is -0.829. The average molecular weight is 449 g/mol. The molecular weight excluding hydrogens is 423 g/mol. The molecule has 0 amide bonds. The summed E-state index contributed by atoms with van der Waals surface area (Å²) in [6.07, 6.45) is 2.34. The molecule has 2 unspecified atom stereocenters. The summed E-state index contributed by atoms with van der Waals surface area (Å²) in [6.45, 7) is 4.33. The number of Topliss-reactive ketones (excluding diaryl/α,β-unsaturated/α-hetero) is 2. The van der Waals surface area contributed by atoms with Crippen LogP contribution in [-0.2, 0) is 9.59 Å². The first kappa shape index (κ1) is 24.1. The maximum atomic E-state index is 13.4. The topological polar surface area (TPSA) is 74.5 Å². The standard InChI is InChI=1S/C22H24N4O2.2ClH/c1-22(2)20(28)16-14(10-11-26(3)4)19(27)18-17(15(16)12-23-22)24-21(25-18)13-8-6-5-7-9-13;;/h5-9,12,14,16H,10-11H2,1-4H3;2*1H. The molecular formula is C22H26Cl2N4O2. The maximum absolute atomic E-state index is 13.4. The summed E-state index contributed by atoms with van der Waals surface area (Å²) in [4.78, 5) is 42.3. The molecule has 0 radical (unpaired) electrons. The molecule has 2 heterocycles. The molecule has 2 atom stereocenters. The minimum absolute atomic E-state index is 0. The SMILES string of the molecule is CN(C)CCC1C(=O)C2=NC(c3ccccc3)=NC2=C2C=NC(C)(C)C(=O)C21.Cl.Cl. The monoisotopic (exact) mass is 448 g/mol. The summed E-state index contributed by atoms with van der Waals surface area (Å²) in [5, 5.41) is 0. The normalized spacial score (nSPS) is 23.9. The van der Waals surface area contributed by atoms with Crippen molar-refractivity contribution in [1.82, 2.24) is 4.90 Å². The number of hydrogen-bond donors (Lipinski definition) is 0. The Bertz CT molecular complexity index is 978. The lowest BCUT2D eigenvalue weighted by Gasteiger charge is -2.37. The summed E-state index contributed by atoms with van der Waals surface area (Å²) in [5.74, 6) is -0.516. The Morgan fingerprint density at radius 3 is 2.33 bits per heavy atom. The zero-order chi connectivity index (χ0) is 20.1. The molecule has 3 aliphatic rings. The molecule has 0 fully saturated rings. The highest BCUT2D eigenvalue weighted by molar-refractivity contribution is 6.52. The number of hydrogen-bond acceptors (Lipinski definition) is 6. The van der Waals surface area contributed by atoms with Crippen LogP contribution in [-0.4, -0.2) is 60.4 Å². The molecule has 2 aliphatic heterocycles. The van der Waals surface area contributed by atoms with Gasteiger partial charge in [0.05, 0.1) is 5.92 Å². The Labute approximate surface area is 189 Å². The molecule has 0 aromatic heterocycles. The Morgan fingerprint density at radius 2 is 1.70 bits per heavy atom. The fourth-order valence-electron chi connectivity index (χ4n) is 3.96. The summed E-state index contributed by atoms with van der Waals surface area (Å²) in [7, 11) is 3.93. The first-order valence-electron chi connectivity index (χ1n) is 9.55. The quantitative estimate of drug-likeness (QED) is 0.709. The van der Waals surface area contributed by atoms with E-state index in [-0.39, 0.29) is 36.4 Å². The van der Waals surface area contributed by atoms with Crippen molar-refractivity contribution in [2.75, 3.05) is 20.6 Å². The third-order valence-electron chi connectivity index (χ3n) is 5.57. The highest BCUT2D eigenvalue weighted by atomic mass is 35.5. The Kier molecular flexibility index (Phi) is 7.17. The number of benzene rings is 1. The van der Waals surface area contributed by atoms with Crippen molar-refractivity contribution in [3.63, 3.8) is 0 Å². The van der Waals surface area contributed by atoms with Gasteiger partial charge in [-0.25, -0.2) is 9.98 Å². The largest absolute Gasteiger partial charge is 0.309 e. The third-order valence-corrected chi connectivity index (χ3v) is 5.57. The van der Waals surface area contributed by atoms with Gasteiger partial charge in [-0.3, -0.25) is 14.6 Å². The van der Waals surface area contributed by atoms with Gasteiger partial charge in [-0.2, -0.15) is 0 Å². The maximum Gasteiger partial charge on any atom is 0.187 e. The number of carbonyl (C=O) groups is 2. The van der Waals surface area contributed by atoms with Crippen molar-refractivity contribution in [2.45, 2.75) is 25.8 Å². The molecule has 6 nitrogen and oxygen atoms in total. The van der Waals surface area contributed by atoms with E-state index in [1.165, 1.54) is 0 Å². The minimum Gasteiger partial charge on any atom is -0.309 e. The van der Waals surface area contributed by atoms with Crippen molar-refractivity contribution in [1.29, 1.82) is 0 Å². The van der Waals surface area contributed by atoms with Crippen LogP contribution in [0.4, 0.5) is 0 Å². The van der Waals surface area contributed by atoms with E-state index in [4.69, 9.17) is 0 Å². The van der Waals surface area contributed by atoms with E-state index in [1.807, 2.05) is 49.3 Å². The number of rotatable bonds is 4. The summed E-state index contributed by atoms with van der Waals surface area (Å²) in [5.41, 5.74) is 1.64. The van der Waals surface area contributed by atoms with Crippen molar-refractivity contribution in [2.24, 2.45) is 26.8 Å². The van der Waals surface area contributed by atoms with Crippen molar-refractivity contribution >= 4 is 54.1 Å². The summed E-state index contributed by atoms with van der Waals surface area (Å²) in [6, 6.07) is 9.58. The van der Waals surface area contributed by atoms with Crippen molar-refractivity contribution in [3.05, 3.63) is 47.2 Å². The van der Waals surface area contributed by atoms with Crippen LogP contribution in [0.3, 0.4) is 0 Å². The number of aliphatic imine (C=N–C) groups is 3. The molecule has 0 N–H and O–H groups in total. The number of amidine groups is 1. The van der Waals surface area contributed by atoms with Crippen molar-refractivity contribution < 1.29 is 9.59 Å². The molecule has 0 bridgehead atoms. The predicted molar refractivity (Wildman–Crippen MR) is 125 cm³/mol. The number of ketones is 2. The van der Waals surface area contributed by atoms with Gasteiger partial charge in [0.25, 0.3) is 0 Å². The van der Waals surface area contributed by atoms with E-state index in [9.17, 15) is 9.59 Å². The fourth-order valence-corrected chi connectivity index (χ4v) is 3.96. The molecule has 30 heavy (non-hydrogen) atoms. The molecule has 1 aromatic carbocycles. The van der Waals surface area contributed by atoms with Gasteiger partial charge in [0.15, 0.2) is 17.4 Å². The van der Waals surface area contributed by atoms with Crippen LogP contribution in [0.2, 0.25) is 0 Å². The third kappa shape index (κ3) is 4.04. The molecule has 1 aromatic rings. The predicted octanol–water partition coefficient (Wildman–Crippen LogP) is 3.18. The van der Waals surface area contributed by atoms with E-state index in [1.54, 1.807) is 20.1 Å². The van der Waals surface area contributed by atoms with Crippen LogP contribution < -0.4 is 0 Å². The van der Waals surface area contributed by atoms with Gasteiger partial charge < -0.3 is 4.90 Å². The number of fused-ring (bicyclic) bond motifs is 2. The number of nitrogens with zero attached hydrogens (tertiary/aromatic N) is 4. The number of allylic oxidation sites excluding steroid dienone is 2. The highest BCUT2D eigenvalue weighted by Gasteiger charge is 2.50. The van der Waals surface area contributed by atoms with Crippen LogP contribution in [0.25, 0.3) is 0 Å². The molecule has 0 spiro atoms. The second-order valence-electron chi connectivity index (χ2n) is 8.29. The lowest BCUT2D eigenvalue weighted by atomic mass is 9.67. The highest BCUT2D eigenvalue weighted by Crippen LogP contribution is 2.41. The smallest absolute Gasteiger partial charge is 0.187 e. The lowest BCUT2D eigenvalue weighted by Crippen LogP contribution is -2.50. The molecule has 0 saturated heterocycles. The van der Waals surface area contributed by atoms with Gasteiger partial charge in [0, 0.05) is 23.3 Å². The second-order valence-corrected chi connectivity index (χ2v) is 8.29. The van der Waals surface area contributed by atoms with Gasteiger partial charge in [-0.15, -0.1) is 24.8 Å². The van der Waals surface area contributed by atoms with Gasteiger partial charge in [0.1, 0.15) is 16.9 Å². The van der Waals surface area contributed by atoms with Gasteiger partial charge in [-0.05, 0) is 40.9 Å². The van der Waals surface area contributed by atoms with E-state index in [2.05, 4.69) is 15.0 Å². The summed E-state index contributed by atoms with van der Waals surface area (Å²) >= 11 is 0. The Morgan fingerprint density at radius 1 is 1.03 bits per heavy atom. The Hall–Kier alpha value is -2.15. The van der Waals surface area contributed by atoms with Crippen molar-refractivity contribution in [3.8, 4) is 0 Å². The Balaban J connectivity index is 0.00000160. The van der Waals surface area contributed by atoms with E-state index >= 15 is 0 Å². The second kappa shape index (κ2) is 8.92. The summed E-state index contributed by atoms with van der Waals surface area (Å²) < 4.78 is 0. The molecule has 4 rings (SSSR count). The number of halogens is 2. The lowest BCUT2D eigenvalue weighted by molar-refractivity contribution is -0.131. The van der Waals surface area contributed by atoms with Crippen LogP contribution in [0.5, 0.6) is 0 Å². The number of carbonyl (C=O) groups excluding carboxylic acids is 2. The van der Waals surface area contributed by atoms with E-state index < -0.39 is 17.4 Å². The van der Waals surface area contributed by atoms with Crippen LogP contribution >= 0.6 is 24.8 Å².